The average Bonchev–Trinajstić information content (AvgIpc) is 2.72. The van der Waals surface area contributed by atoms with Gasteiger partial charge in [0.25, 0.3) is 0 Å². The first-order valence-corrected chi connectivity index (χ1v) is 5.68. The van der Waals surface area contributed by atoms with Gasteiger partial charge in [-0.15, -0.1) is 0 Å². The average molecular weight is 244 g/mol. The van der Waals surface area contributed by atoms with Crippen molar-refractivity contribution in [3.63, 3.8) is 0 Å². The van der Waals surface area contributed by atoms with Gasteiger partial charge in [-0.1, -0.05) is 29.8 Å². The van der Waals surface area contributed by atoms with E-state index in [-0.39, 0.29) is 5.75 Å². The molecule has 0 aliphatic carbocycles. The molecular formula is C14H10ClNO. The van der Waals surface area contributed by atoms with Gasteiger partial charge in [0, 0.05) is 21.5 Å². The highest BCUT2D eigenvalue weighted by atomic mass is 35.5. The molecule has 3 heteroatoms. The number of halogens is 1. The zero-order chi connectivity index (χ0) is 11.8. The summed E-state index contributed by atoms with van der Waals surface area (Å²) in [6, 6.07) is 14.9. The molecule has 2 N–H and O–H groups in total. The van der Waals surface area contributed by atoms with Crippen molar-refractivity contribution >= 4 is 22.5 Å². The van der Waals surface area contributed by atoms with E-state index in [0.717, 1.165) is 22.2 Å². The van der Waals surface area contributed by atoms with E-state index in [0.29, 0.717) is 5.02 Å². The molecule has 0 aliphatic heterocycles. The maximum atomic E-state index is 9.80. The van der Waals surface area contributed by atoms with E-state index in [1.807, 2.05) is 36.4 Å². The van der Waals surface area contributed by atoms with Crippen molar-refractivity contribution in [1.82, 2.24) is 4.98 Å². The lowest BCUT2D eigenvalue weighted by Gasteiger charge is -2.00. The predicted octanol–water partition coefficient (Wildman–Crippen LogP) is 4.19. The predicted molar refractivity (Wildman–Crippen MR) is 70.4 cm³/mol. The van der Waals surface area contributed by atoms with Crippen LogP contribution in [0.1, 0.15) is 0 Å². The Morgan fingerprint density at radius 3 is 2.65 bits per heavy atom. The highest BCUT2D eigenvalue weighted by Gasteiger charge is 2.06. The van der Waals surface area contributed by atoms with Crippen LogP contribution in [0.15, 0.2) is 48.5 Å². The van der Waals surface area contributed by atoms with E-state index in [1.165, 1.54) is 0 Å². The molecule has 0 fully saturated rings. The first-order chi connectivity index (χ1) is 8.24. The number of hydrogen-bond donors (Lipinski definition) is 2. The normalized spacial score (nSPS) is 10.9. The number of aromatic nitrogens is 1. The fourth-order valence-corrected chi connectivity index (χ4v) is 2.12. The fraction of sp³-hybridized carbons (Fsp3) is 0. The quantitative estimate of drug-likeness (QED) is 0.660. The Labute approximate surface area is 103 Å². The van der Waals surface area contributed by atoms with Crippen LogP contribution in [0.5, 0.6) is 5.75 Å². The summed E-state index contributed by atoms with van der Waals surface area (Å²) in [4.78, 5) is 3.25. The molecule has 0 amide bonds. The van der Waals surface area contributed by atoms with Gasteiger partial charge in [-0.3, -0.25) is 0 Å². The molecule has 0 atom stereocenters. The monoisotopic (exact) mass is 243 g/mol. The molecule has 0 saturated carbocycles. The third-order valence-electron chi connectivity index (χ3n) is 2.78. The number of rotatable bonds is 1. The number of benzene rings is 2. The van der Waals surface area contributed by atoms with E-state index in [4.69, 9.17) is 11.6 Å². The largest absolute Gasteiger partial charge is 0.507 e. The van der Waals surface area contributed by atoms with Crippen LogP contribution in [0, 0.1) is 0 Å². The Morgan fingerprint density at radius 1 is 1.00 bits per heavy atom. The second-order valence-electron chi connectivity index (χ2n) is 3.93. The topological polar surface area (TPSA) is 36.0 Å². The molecule has 2 aromatic carbocycles. The minimum atomic E-state index is 0.269. The van der Waals surface area contributed by atoms with E-state index in [9.17, 15) is 5.11 Å². The summed E-state index contributed by atoms with van der Waals surface area (Å²) < 4.78 is 0. The third-order valence-corrected chi connectivity index (χ3v) is 3.01. The number of phenols is 1. The third kappa shape index (κ3) is 1.77. The Kier molecular flexibility index (Phi) is 2.30. The highest BCUT2D eigenvalue weighted by molar-refractivity contribution is 6.31. The highest BCUT2D eigenvalue weighted by Crippen LogP contribution is 2.31. The van der Waals surface area contributed by atoms with Gasteiger partial charge < -0.3 is 10.1 Å². The number of aromatic hydroxyl groups is 1. The Balaban J connectivity index is 2.22. The van der Waals surface area contributed by atoms with Gasteiger partial charge in [0.15, 0.2) is 0 Å². The van der Waals surface area contributed by atoms with Crippen LogP contribution < -0.4 is 0 Å². The maximum absolute atomic E-state index is 9.80. The van der Waals surface area contributed by atoms with Crippen LogP contribution in [-0.4, -0.2) is 10.1 Å². The van der Waals surface area contributed by atoms with E-state index in [2.05, 4.69) is 4.98 Å². The van der Waals surface area contributed by atoms with Crippen LogP contribution in [0.25, 0.3) is 22.2 Å². The molecule has 1 aromatic heterocycles. The molecular weight excluding hydrogens is 234 g/mol. The van der Waals surface area contributed by atoms with Gasteiger partial charge in [0.05, 0.1) is 5.69 Å². The molecule has 0 saturated heterocycles. The second-order valence-corrected chi connectivity index (χ2v) is 4.37. The summed E-state index contributed by atoms with van der Waals surface area (Å²) in [6.07, 6.45) is 0. The summed E-state index contributed by atoms with van der Waals surface area (Å²) in [7, 11) is 0. The molecule has 1 heterocycles. The number of H-pyrrole nitrogens is 1. The van der Waals surface area contributed by atoms with Crippen molar-refractivity contribution in [2.24, 2.45) is 0 Å². The van der Waals surface area contributed by atoms with Gasteiger partial charge in [-0.25, -0.2) is 0 Å². The molecule has 0 bridgehead atoms. The Hall–Kier alpha value is -1.93. The molecule has 2 nitrogen and oxygen atoms in total. The van der Waals surface area contributed by atoms with Crippen molar-refractivity contribution in [1.29, 1.82) is 0 Å². The number of para-hydroxylation sites is 1. The maximum Gasteiger partial charge on any atom is 0.124 e. The molecule has 0 aliphatic rings. The Bertz CT molecular complexity index is 688. The summed E-state index contributed by atoms with van der Waals surface area (Å²) in [5, 5.41) is 11.6. The first-order valence-electron chi connectivity index (χ1n) is 5.31. The van der Waals surface area contributed by atoms with E-state index >= 15 is 0 Å². The van der Waals surface area contributed by atoms with Crippen molar-refractivity contribution < 1.29 is 5.11 Å². The molecule has 0 spiro atoms. The number of fused-ring (bicyclic) bond motifs is 1. The molecule has 3 rings (SSSR count). The minimum Gasteiger partial charge on any atom is -0.507 e. The number of hydrogen-bond acceptors (Lipinski definition) is 1. The SMILES string of the molecule is Oc1ccccc1-c1cc2ccc(Cl)cc2[nH]1. The van der Waals surface area contributed by atoms with Crippen molar-refractivity contribution in [2.75, 3.05) is 0 Å². The van der Waals surface area contributed by atoms with Gasteiger partial charge in [0.2, 0.25) is 0 Å². The fourth-order valence-electron chi connectivity index (χ4n) is 1.95. The second kappa shape index (κ2) is 3.82. The smallest absolute Gasteiger partial charge is 0.124 e. The van der Waals surface area contributed by atoms with Crippen LogP contribution in [0.4, 0.5) is 0 Å². The molecule has 84 valence electrons. The zero-order valence-electron chi connectivity index (χ0n) is 8.94. The number of aromatic amines is 1. The van der Waals surface area contributed by atoms with Crippen molar-refractivity contribution in [3.8, 4) is 17.0 Å². The lowest BCUT2D eigenvalue weighted by atomic mass is 10.1. The minimum absolute atomic E-state index is 0.269. The van der Waals surface area contributed by atoms with Gasteiger partial charge in [-0.05, 0) is 30.3 Å². The van der Waals surface area contributed by atoms with Crippen LogP contribution >= 0.6 is 11.6 Å². The molecule has 0 radical (unpaired) electrons. The van der Waals surface area contributed by atoms with Crippen LogP contribution in [0.2, 0.25) is 5.02 Å². The lowest BCUT2D eigenvalue weighted by molar-refractivity contribution is 0.477. The van der Waals surface area contributed by atoms with E-state index in [1.54, 1.807) is 12.1 Å². The molecule has 0 unspecified atom stereocenters. The van der Waals surface area contributed by atoms with Crippen LogP contribution in [-0.2, 0) is 0 Å². The van der Waals surface area contributed by atoms with Gasteiger partial charge in [-0.2, -0.15) is 0 Å². The summed E-state index contributed by atoms with van der Waals surface area (Å²) in [5.41, 5.74) is 2.65. The standard InChI is InChI=1S/C14H10ClNO/c15-10-6-5-9-7-13(16-12(9)8-10)11-3-1-2-4-14(11)17/h1-8,16-17H. The number of nitrogens with one attached hydrogen (secondary N) is 1. The van der Waals surface area contributed by atoms with Crippen molar-refractivity contribution in [2.45, 2.75) is 0 Å². The van der Waals surface area contributed by atoms with Gasteiger partial charge in [0.1, 0.15) is 5.75 Å². The summed E-state index contributed by atoms with van der Waals surface area (Å²) >= 11 is 5.94. The Morgan fingerprint density at radius 2 is 1.82 bits per heavy atom. The zero-order valence-corrected chi connectivity index (χ0v) is 9.70. The summed E-state index contributed by atoms with van der Waals surface area (Å²) in [6.45, 7) is 0. The number of phenolic OH excluding ortho intramolecular Hbond substituents is 1. The summed E-state index contributed by atoms with van der Waals surface area (Å²) in [5.74, 6) is 0.269. The van der Waals surface area contributed by atoms with Crippen molar-refractivity contribution in [3.05, 3.63) is 53.6 Å². The van der Waals surface area contributed by atoms with E-state index < -0.39 is 0 Å². The lowest BCUT2D eigenvalue weighted by Crippen LogP contribution is -1.77. The molecule has 3 aromatic rings. The van der Waals surface area contributed by atoms with Crippen LogP contribution in [0.3, 0.4) is 0 Å². The molecule has 17 heavy (non-hydrogen) atoms. The first kappa shape index (κ1) is 10.2. The van der Waals surface area contributed by atoms with Gasteiger partial charge >= 0.3 is 0 Å².